The van der Waals surface area contributed by atoms with Gasteiger partial charge in [-0.2, -0.15) is 0 Å². The third-order valence-electron chi connectivity index (χ3n) is 3.70. The van der Waals surface area contributed by atoms with Crippen molar-refractivity contribution in [2.24, 2.45) is 0 Å². The van der Waals surface area contributed by atoms with Gasteiger partial charge in [0.05, 0.1) is 36.9 Å². The molecule has 0 atom stereocenters. The summed E-state index contributed by atoms with van der Waals surface area (Å²) in [7, 11) is 0.571. The van der Waals surface area contributed by atoms with Gasteiger partial charge in [-0.3, -0.25) is 4.72 Å². The van der Waals surface area contributed by atoms with Crippen LogP contribution >= 0.6 is 11.6 Å². The number of hydrogen-bond donors (Lipinski definition) is 1. The van der Waals surface area contributed by atoms with Gasteiger partial charge >= 0.3 is 0 Å². The number of anilines is 1. The van der Waals surface area contributed by atoms with Crippen LogP contribution in [0.4, 0.5) is 5.69 Å². The minimum atomic E-state index is -3.85. The van der Waals surface area contributed by atoms with E-state index in [1.807, 2.05) is 0 Å². The van der Waals surface area contributed by atoms with Gasteiger partial charge < -0.3 is 14.2 Å². The molecule has 0 heterocycles. The summed E-state index contributed by atoms with van der Waals surface area (Å²) in [4.78, 5) is 0.154. The Morgan fingerprint density at radius 2 is 1.44 bits per heavy atom. The van der Waals surface area contributed by atoms with Gasteiger partial charge in [0.15, 0.2) is 0 Å². The molecule has 0 spiro atoms. The highest BCUT2D eigenvalue weighted by atomic mass is 35.5. The Balaban J connectivity index is 2.51. The zero-order chi connectivity index (χ0) is 18.8. The lowest BCUT2D eigenvalue weighted by molar-refractivity contribution is 0.405. The molecule has 2 aromatic carbocycles. The minimum Gasteiger partial charge on any atom is -0.496 e. The lowest BCUT2D eigenvalue weighted by atomic mass is 10.1. The zero-order valence-corrected chi connectivity index (χ0v) is 16.2. The Kier molecular flexibility index (Phi) is 5.69. The quantitative estimate of drug-likeness (QED) is 0.819. The maximum absolute atomic E-state index is 12.8. The second-order valence-corrected chi connectivity index (χ2v) is 7.44. The first-order valence-electron chi connectivity index (χ1n) is 7.33. The van der Waals surface area contributed by atoms with Gasteiger partial charge in [-0.25, -0.2) is 8.42 Å². The number of ether oxygens (including phenoxy) is 3. The minimum absolute atomic E-state index is 0.154. The number of rotatable bonds is 6. The van der Waals surface area contributed by atoms with Crippen LogP contribution in [0, 0.1) is 13.8 Å². The molecule has 0 fully saturated rings. The first-order chi connectivity index (χ1) is 11.7. The molecule has 6 nitrogen and oxygen atoms in total. The third-order valence-corrected chi connectivity index (χ3v) is 5.50. The Morgan fingerprint density at radius 1 is 0.840 bits per heavy atom. The van der Waals surface area contributed by atoms with Gasteiger partial charge in [-0.05, 0) is 37.1 Å². The van der Waals surface area contributed by atoms with Crippen LogP contribution in [0.25, 0.3) is 0 Å². The first-order valence-corrected chi connectivity index (χ1v) is 9.19. The average molecular weight is 386 g/mol. The molecule has 0 aliphatic carbocycles. The summed E-state index contributed by atoms with van der Waals surface area (Å²) in [5.74, 6) is 1.25. The van der Waals surface area contributed by atoms with Gasteiger partial charge in [0, 0.05) is 12.1 Å². The number of benzene rings is 2. The fourth-order valence-corrected chi connectivity index (χ4v) is 4.02. The van der Waals surface area contributed by atoms with Crippen LogP contribution < -0.4 is 18.9 Å². The van der Waals surface area contributed by atoms with Crippen LogP contribution in [0.5, 0.6) is 17.2 Å². The number of nitrogens with one attached hydrogen (secondary N) is 1. The summed E-state index contributed by atoms with van der Waals surface area (Å²) in [5, 5.41) is 0.318. The molecule has 0 radical (unpaired) electrons. The Bertz CT molecular complexity index is 896. The van der Waals surface area contributed by atoms with Crippen LogP contribution in [-0.2, 0) is 10.0 Å². The van der Waals surface area contributed by atoms with E-state index >= 15 is 0 Å². The highest BCUT2D eigenvalue weighted by Gasteiger charge is 2.21. The largest absolute Gasteiger partial charge is 0.496 e. The van der Waals surface area contributed by atoms with Gasteiger partial charge in [0.25, 0.3) is 10.0 Å². The van der Waals surface area contributed by atoms with E-state index in [4.69, 9.17) is 25.8 Å². The number of sulfonamides is 1. The monoisotopic (exact) mass is 385 g/mol. The Morgan fingerprint density at radius 3 is 2.00 bits per heavy atom. The molecule has 0 unspecified atom stereocenters. The average Bonchev–Trinajstić information content (AvgIpc) is 2.57. The smallest absolute Gasteiger partial charge is 0.262 e. The molecule has 0 bridgehead atoms. The molecular weight excluding hydrogens is 366 g/mol. The number of methoxy groups -OCH3 is 3. The summed E-state index contributed by atoms with van der Waals surface area (Å²) < 4.78 is 43.8. The molecule has 0 saturated carbocycles. The van der Waals surface area contributed by atoms with Crippen molar-refractivity contribution >= 4 is 27.3 Å². The van der Waals surface area contributed by atoms with E-state index in [1.165, 1.54) is 26.4 Å². The number of aryl methyl sites for hydroxylation is 2. The molecule has 0 aliphatic rings. The SMILES string of the molecule is COc1cc(C)c(S(=O)(=O)Nc2cc(OC)c(Cl)cc2OC)cc1C. The predicted octanol–water partition coefficient (Wildman–Crippen LogP) is 3.78. The van der Waals surface area contributed by atoms with Crippen molar-refractivity contribution in [3.63, 3.8) is 0 Å². The van der Waals surface area contributed by atoms with E-state index in [9.17, 15) is 8.42 Å². The number of halogens is 1. The molecule has 136 valence electrons. The molecule has 0 aliphatic heterocycles. The van der Waals surface area contributed by atoms with Crippen LogP contribution in [0.15, 0.2) is 29.2 Å². The molecule has 2 rings (SSSR count). The molecular formula is C17H20ClNO5S. The van der Waals surface area contributed by atoms with E-state index < -0.39 is 10.0 Å². The summed E-state index contributed by atoms with van der Waals surface area (Å²) in [6.07, 6.45) is 0. The van der Waals surface area contributed by atoms with Crippen molar-refractivity contribution in [1.29, 1.82) is 0 Å². The highest BCUT2D eigenvalue weighted by molar-refractivity contribution is 7.92. The van der Waals surface area contributed by atoms with Crippen molar-refractivity contribution in [3.05, 3.63) is 40.4 Å². The third kappa shape index (κ3) is 3.93. The van der Waals surface area contributed by atoms with Crippen molar-refractivity contribution in [2.45, 2.75) is 18.7 Å². The molecule has 25 heavy (non-hydrogen) atoms. The van der Waals surface area contributed by atoms with Crippen molar-refractivity contribution in [3.8, 4) is 17.2 Å². The van der Waals surface area contributed by atoms with Gasteiger partial charge in [-0.1, -0.05) is 11.6 Å². The van der Waals surface area contributed by atoms with E-state index in [0.29, 0.717) is 27.6 Å². The fraction of sp³-hybridized carbons (Fsp3) is 0.294. The second kappa shape index (κ2) is 7.41. The summed E-state index contributed by atoms with van der Waals surface area (Å²) in [6.45, 7) is 3.49. The molecule has 8 heteroatoms. The lowest BCUT2D eigenvalue weighted by Gasteiger charge is -2.16. The molecule has 0 aromatic heterocycles. The van der Waals surface area contributed by atoms with Crippen molar-refractivity contribution < 1.29 is 22.6 Å². The summed E-state index contributed by atoms with van der Waals surface area (Å²) in [5.41, 5.74) is 1.51. The van der Waals surface area contributed by atoms with E-state index in [-0.39, 0.29) is 16.3 Å². The summed E-state index contributed by atoms with van der Waals surface area (Å²) in [6, 6.07) is 6.22. The second-order valence-electron chi connectivity index (χ2n) is 5.38. The standard InChI is InChI=1S/C17H20ClNO5S/c1-10-7-17(11(2)6-14(10)22-3)25(20,21)19-13-9-15(23-4)12(18)8-16(13)24-5/h6-9,19H,1-5H3. The molecule has 2 aromatic rings. The van der Waals surface area contributed by atoms with Crippen LogP contribution in [-0.4, -0.2) is 29.7 Å². The van der Waals surface area contributed by atoms with Gasteiger partial charge in [-0.15, -0.1) is 0 Å². The Hall–Kier alpha value is -2.12. The predicted molar refractivity (Wildman–Crippen MR) is 97.8 cm³/mol. The van der Waals surface area contributed by atoms with Gasteiger partial charge in [0.1, 0.15) is 17.2 Å². The summed E-state index contributed by atoms with van der Waals surface area (Å²) >= 11 is 6.05. The van der Waals surface area contributed by atoms with Crippen LogP contribution in [0.1, 0.15) is 11.1 Å². The van der Waals surface area contributed by atoms with Gasteiger partial charge in [0.2, 0.25) is 0 Å². The molecule has 1 N–H and O–H groups in total. The highest BCUT2D eigenvalue weighted by Crippen LogP contribution is 2.37. The van der Waals surface area contributed by atoms with Crippen LogP contribution in [0.3, 0.4) is 0 Å². The lowest BCUT2D eigenvalue weighted by Crippen LogP contribution is -2.15. The van der Waals surface area contributed by atoms with E-state index in [2.05, 4.69) is 4.72 Å². The normalized spacial score (nSPS) is 11.1. The van der Waals surface area contributed by atoms with Crippen LogP contribution in [0.2, 0.25) is 5.02 Å². The maximum atomic E-state index is 12.8. The maximum Gasteiger partial charge on any atom is 0.262 e. The van der Waals surface area contributed by atoms with E-state index in [0.717, 1.165) is 0 Å². The van der Waals surface area contributed by atoms with Crippen molar-refractivity contribution in [2.75, 3.05) is 26.1 Å². The number of hydrogen-bond acceptors (Lipinski definition) is 5. The topological polar surface area (TPSA) is 73.9 Å². The zero-order valence-electron chi connectivity index (χ0n) is 14.6. The molecule has 0 saturated heterocycles. The Labute approximate surface area is 152 Å². The molecule has 0 amide bonds. The first kappa shape index (κ1) is 19.2. The van der Waals surface area contributed by atoms with E-state index in [1.54, 1.807) is 33.1 Å². The van der Waals surface area contributed by atoms with Crippen molar-refractivity contribution in [1.82, 2.24) is 0 Å². The fourth-order valence-electron chi connectivity index (χ4n) is 2.41.